The Kier molecular flexibility index (Phi) is 5.02. The fraction of sp³-hybridized carbons (Fsp3) is 0.867. The van der Waals surface area contributed by atoms with Crippen LogP contribution in [0.4, 0.5) is 0 Å². The number of hydrogen-bond donors (Lipinski definition) is 2. The fourth-order valence-corrected chi connectivity index (χ4v) is 3.25. The second-order valence-corrected chi connectivity index (χ2v) is 6.20. The molecule has 5 nitrogen and oxygen atoms in total. The van der Waals surface area contributed by atoms with Crippen LogP contribution in [0.15, 0.2) is 0 Å². The van der Waals surface area contributed by atoms with Crippen molar-refractivity contribution in [3.63, 3.8) is 0 Å². The first kappa shape index (κ1) is 15.3. The van der Waals surface area contributed by atoms with E-state index in [1.165, 1.54) is 0 Å². The molecular weight excluding hydrogens is 254 g/mol. The molecule has 1 saturated carbocycles. The smallest absolute Gasteiger partial charge is 0.228 e. The lowest BCUT2D eigenvalue weighted by Gasteiger charge is -2.34. The lowest BCUT2D eigenvalue weighted by Crippen LogP contribution is -2.48. The van der Waals surface area contributed by atoms with Gasteiger partial charge in [-0.1, -0.05) is 13.3 Å². The Morgan fingerprint density at radius 3 is 2.75 bits per heavy atom. The predicted octanol–water partition coefficient (Wildman–Crippen LogP) is 0.880. The Bertz CT molecular complexity index is 366. The SMILES string of the molecule is CCCC1(C(=O)N2CCCC(C(=O)NCCN)C2)CC1. The minimum atomic E-state index is -0.0790. The van der Waals surface area contributed by atoms with E-state index in [1.807, 2.05) is 4.90 Å². The average Bonchev–Trinajstić information content (AvgIpc) is 3.25. The Morgan fingerprint density at radius 1 is 1.40 bits per heavy atom. The maximum Gasteiger partial charge on any atom is 0.228 e. The summed E-state index contributed by atoms with van der Waals surface area (Å²) in [5, 5.41) is 2.84. The summed E-state index contributed by atoms with van der Waals surface area (Å²) in [5.74, 6) is 0.278. The van der Waals surface area contributed by atoms with E-state index in [2.05, 4.69) is 12.2 Å². The van der Waals surface area contributed by atoms with E-state index in [4.69, 9.17) is 5.73 Å². The van der Waals surface area contributed by atoms with Crippen molar-refractivity contribution in [2.24, 2.45) is 17.1 Å². The van der Waals surface area contributed by atoms with Crippen molar-refractivity contribution in [1.29, 1.82) is 0 Å². The number of nitrogens with one attached hydrogen (secondary N) is 1. The first-order valence-corrected chi connectivity index (χ1v) is 7.90. The Morgan fingerprint density at radius 2 is 2.15 bits per heavy atom. The van der Waals surface area contributed by atoms with Crippen LogP contribution in [-0.4, -0.2) is 42.9 Å². The molecule has 1 heterocycles. The molecular formula is C15H27N3O2. The molecule has 114 valence electrons. The quantitative estimate of drug-likeness (QED) is 0.759. The van der Waals surface area contributed by atoms with E-state index in [9.17, 15) is 9.59 Å². The standard InChI is InChI=1S/C15H27N3O2/c1-2-5-15(6-7-15)14(20)18-10-3-4-12(11-18)13(19)17-9-8-16/h12H,2-11,16H2,1H3,(H,17,19). The van der Waals surface area contributed by atoms with Gasteiger partial charge in [0.05, 0.1) is 5.92 Å². The molecule has 1 saturated heterocycles. The molecule has 0 aromatic rings. The number of likely N-dealkylation sites (tertiary alicyclic amines) is 1. The minimum absolute atomic E-state index is 0.0493. The van der Waals surface area contributed by atoms with Crippen molar-refractivity contribution in [1.82, 2.24) is 10.2 Å². The number of carbonyl (C=O) groups excluding carboxylic acids is 2. The Hall–Kier alpha value is -1.10. The van der Waals surface area contributed by atoms with Gasteiger partial charge < -0.3 is 16.0 Å². The van der Waals surface area contributed by atoms with Gasteiger partial charge in [-0.15, -0.1) is 0 Å². The summed E-state index contributed by atoms with van der Waals surface area (Å²) >= 11 is 0. The maximum atomic E-state index is 12.6. The van der Waals surface area contributed by atoms with Crippen molar-refractivity contribution < 1.29 is 9.59 Å². The van der Waals surface area contributed by atoms with Crippen LogP contribution in [-0.2, 0) is 9.59 Å². The summed E-state index contributed by atoms with van der Waals surface area (Å²) in [4.78, 5) is 26.6. The number of piperidine rings is 1. The van der Waals surface area contributed by atoms with Crippen LogP contribution in [0.25, 0.3) is 0 Å². The van der Waals surface area contributed by atoms with Gasteiger partial charge in [-0.2, -0.15) is 0 Å². The zero-order valence-electron chi connectivity index (χ0n) is 12.5. The molecule has 2 amide bonds. The summed E-state index contributed by atoms with van der Waals surface area (Å²) in [6.45, 7) is 4.50. The van der Waals surface area contributed by atoms with Gasteiger partial charge in [-0.25, -0.2) is 0 Å². The van der Waals surface area contributed by atoms with Gasteiger partial charge in [-0.3, -0.25) is 9.59 Å². The number of rotatable bonds is 6. The largest absolute Gasteiger partial charge is 0.355 e. The van der Waals surface area contributed by atoms with E-state index >= 15 is 0 Å². The highest BCUT2D eigenvalue weighted by atomic mass is 16.2. The van der Waals surface area contributed by atoms with Gasteiger partial charge in [-0.05, 0) is 32.1 Å². The normalized spacial score (nSPS) is 24.3. The number of carbonyl (C=O) groups is 2. The highest BCUT2D eigenvalue weighted by molar-refractivity contribution is 5.86. The molecule has 1 unspecified atom stereocenters. The predicted molar refractivity (Wildman–Crippen MR) is 77.9 cm³/mol. The number of hydrogen-bond acceptors (Lipinski definition) is 3. The molecule has 0 aromatic carbocycles. The van der Waals surface area contributed by atoms with E-state index < -0.39 is 0 Å². The third-order valence-corrected chi connectivity index (χ3v) is 4.56. The average molecular weight is 281 g/mol. The summed E-state index contributed by atoms with van der Waals surface area (Å²) in [5.41, 5.74) is 5.32. The number of nitrogens with zero attached hydrogens (tertiary/aromatic N) is 1. The summed E-state index contributed by atoms with van der Waals surface area (Å²) < 4.78 is 0. The van der Waals surface area contributed by atoms with Gasteiger partial charge in [0.1, 0.15) is 0 Å². The maximum absolute atomic E-state index is 12.6. The van der Waals surface area contributed by atoms with E-state index in [0.29, 0.717) is 19.6 Å². The highest BCUT2D eigenvalue weighted by Gasteiger charge is 2.51. The van der Waals surface area contributed by atoms with Crippen LogP contribution in [0.3, 0.4) is 0 Å². The molecule has 0 bridgehead atoms. The number of amides is 2. The molecule has 0 spiro atoms. The molecule has 1 aliphatic carbocycles. The first-order chi connectivity index (χ1) is 9.63. The van der Waals surface area contributed by atoms with E-state index in [1.54, 1.807) is 0 Å². The Labute approximate surface area is 121 Å². The molecule has 2 rings (SSSR count). The van der Waals surface area contributed by atoms with Gasteiger partial charge >= 0.3 is 0 Å². The van der Waals surface area contributed by atoms with Crippen molar-refractivity contribution >= 4 is 11.8 Å². The van der Waals surface area contributed by atoms with Crippen molar-refractivity contribution in [3.8, 4) is 0 Å². The zero-order chi connectivity index (χ0) is 14.6. The van der Waals surface area contributed by atoms with Gasteiger partial charge in [0.25, 0.3) is 0 Å². The van der Waals surface area contributed by atoms with Crippen LogP contribution >= 0.6 is 0 Å². The second-order valence-electron chi connectivity index (χ2n) is 6.20. The van der Waals surface area contributed by atoms with Crippen LogP contribution in [0.2, 0.25) is 0 Å². The first-order valence-electron chi connectivity index (χ1n) is 7.90. The molecule has 1 atom stereocenters. The minimum Gasteiger partial charge on any atom is -0.355 e. The van der Waals surface area contributed by atoms with Crippen LogP contribution in [0, 0.1) is 11.3 Å². The van der Waals surface area contributed by atoms with Crippen molar-refractivity contribution in [2.75, 3.05) is 26.2 Å². The summed E-state index contributed by atoms with van der Waals surface area (Å²) in [7, 11) is 0. The van der Waals surface area contributed by atoms with Crippen LogP contribution < -0.4 is 11.1 Å². The van der Waals surface area contributed by atoms with Crippen LogP contribution in [0.1, 0.15) is 45.4 Å². The van der Waals surface area contributed by atoms with Crippen molar-refractivity contribution in [3.05, 3.63) is 0 Å². The van der Waals surface area contributed by atoms with Gasteiger partial charge in [0, 0.05) is 31.6 Å². The molecule has 1 aliphatic heterocycles. The molecule has 20 heavy (non-hydrogen) atoms. The highest BCUT2D eigenvalue weighted by Crippen LogP contribution is 2.51. The molecule has 2 aliphatic rings. The van der Waals surface area contributed by atoms with Crippen LogP contribution in [0.5, 0.6) is 0 Å². The summed E-state index contributed by atoms with van der Waals surface area (Å²) in [6.07, 6.45) is 5.91. The monoisotopic (exact) mass is 281 g/mol. The van der Waals surface area contributed by atoms with E-state index in [-0.39, 0.29) is 23.1 Å². The zero-order valence-corrected chi connectivity index (χ0v) is 12.5. The number of nitrogens with two attached hydrogens (primary N) is 1. The second kappa shape index (κ2) is 6.57. The molecule has 0 aromatic heterocycles. The lowest BCUT2D eigenvalue weighted by atomic mass is 9.93. The summed E-state index contributed by atoms with van der Waals surface area (Å²) in [6, 6.07) is 0. The fourth-order valence-electron chi connectivity index (χ4n) is 3.25. The molecule has 3 N–H and O–H groups in total. The Balaban J connectivity index is 1.90. The molecule has 0 radical (unpaired) electrons. The van der Waals surface area contributed by atoms with Gasteiger partial charge in [0.2, 0.25) is 11.8 Å². The third-order valence-electron chi connectivity index (χ3n) is 4.56. The topological polar surface area (TPSA) is 75.4 Å². The lowest BCUT2D eigenvalue weighted by molar-refractivity contribution is -0.140. The third kappa shape index (κ3) is 3.32. The van der Waals surface area contributed by atoms with Gasteiger partial charge in [0.15, 0.2) is 0 Å². The van der Waals surface area contributed by atoms with Crippen molar-refractivity contribution in [2.45, 2.75) is 45.4 Å². The molecule has 2 fully saturated rings. The molecule has 5 heteroatoms. The van der Waals surface area contributed by atoms with E-state index in [0.717, 1.165) is 45.1 Å².